The van der Waals surface area contributed by atoms with Crippen LogP contribution in [0, 0.1) is 0 Å². The highest BCUT2D eigenvalue weighted by Crippen LogP contribution is 2.39. The van der Waals surface area contributed by atoms with Crippen LogP contribution in [-0.2, 0) is 6.54 Å². The molecule has 0 unspecified atom stereocenters. The minimum Gasteiger partial charge on any atom is -0.408 e. The van der Waals surface area contributed by atoms with Crippen molar-refractivity contribution in [3.63, 3.8) is 0 Å². The molecule has 0 aliphatic heterocycles. The maximum absolute atomic E-state index is 5.46. The Morgan fingerprint density at radius 3 is 3.13 bits per heavy atom. The van der Waals surface area contributed by atoms with Gasteiger partial charge in [0.15, 0.2) is 0 Å². The predicted molar refractivity (Wildman–Crippen MR) is 54.4 cm³/mol. The number of aromatic nitrogens is 3. The standard InChI is InChI=1S/C10H12N4O/c1-2-8(1)9-13-14-10(15-9)12-6-7-3-4-11-5-7/h3-5,8,11H,1-2,6H2,(H,12,14). The first-order chi connectivity index (χ1) is 7.42. The summed E-state index contributed by atoms with van der Waals surface area (Å²) in [5.41, 5.74) is 1.17. The molecule has 5 heteroatoms. The molecule has 2 aromatic heterocycles. The summed E-state index contributed by atoms with van der Waals surface area (Å²) in [5, 5.41) is 11.0. The number of nitrogens with zero attached hydrogens (tertiary/aromatic N) is 2. The van der Waals surface area contributed by atoms with Gasteiger partial charge in [-0.05, 0) is 24.5 Å². The molecule has 1 aliphatic carbocycles. The summed E-state index contributed by atoms with van der Waals surface area (Å²) in [7, 11) is 0. The van der Waals surface area contributed by atoms with Crippen LogP contribution in [0.1, 0.15) is 30.2 Å². The van der Waals surface area contributed by atoms with Crippen LogP contribution < -0.4 is 5.32 Å². The van der Waals surface area contributed by atoms with Crippen LogP contribution in [0.3, 0.4) is 0 Å². The summed E-state index contributed by atoms with van der Waals surface area (Å²) in [6.45, 7) is 0.704. The van der Waals surface area contributed by atoms with Crippen molar-refractivity contribution in [3.05, 3.63) is 29.9 Å². The van der Waals surface area contributed by atoms with Crippen molar-refractivity contribution < 1.29 is 4.42 Å². The molecule has 2 N–H and O–H groups in total. The van der Waals surface area contributed by atoms with E-state index in [-0.39, 0.29) is 0 Å². The van der Waals surface area contributed by atoms with Gasteiger partial charge in [0, 0.05) is 24.9 Å². The molecule has 78 valence electrons. The molecule has 0 bridgehead atoms. The van der Waals surface area contributed by atoms with Crippen molar-refractivity contribution in [2.24, 2.45) is 0 Å². The zero-order valence-corrected chi connectivity index (χ0v) is 8.23. The van der Waals surface area contributed by atoms with Gasteiger partial charge in [-0.1, -0.05) is 5.10 Å². The fourth-order valence-corrected chi connectivity index (χ4v) is 1.45. The van der Waals surface area contributed by atoms with Gasteiger partial charge in [-0.2, -0.15) is 0 Å². The molecular formula is C10H12N4O. The van der Waals surface area contributed by atoms with Gasteiger partial charge in [0.05, 0.1) is 0 Å². The zero-order chi connectivity index (χ0) is 10.1. The van der Waals surface area contributed by atoms with Gasteiger partial charge in [0.1, 0.15) is 0 Å². The van der Waals surface area contributed by atoms with Crippen molar-refractivity contribution in [1.29, 1.82) is 0 Å². The highest BCUT2D eigenvalue weighted by molar-refractivity contribution is 5.22. The smallest absolute Gasteiger partial charge is 0.315 e. The lowest BCUT2D eigenvalue weighted by Crippen LogP contribution is -1.97. The number of anilines is 1. The number of hydrogen-bond donors (Lipinski definition) is 2. The van der Waals surface area contributed by atoms with Gasteiger partial charge in [-0.25, -0.2) is 0 Å². The van der Waals surface area contributed by atoms with Crippen LogP contribution in [0.5, 0.6) is 0 Å². The van der Waals surface area contributed by atoms with E-state index in [1.165, 1.54) is 18.4 Å². The van der Waals surface area contributed by atoms with Crippen LogP contribution in [0.2, 0.25) is 0 Å². The molecule has 0 atom stereocenters. The van der Waals surface area contributed by atoms with E-state index in [4.69, 9.17) is 4.42 Å². The molecule has 0 radical (unpaired) electrons. The molecule has 1 aliphatic rings. The maximum Gasteiger partial charge on any atom is 0.315 e. The van der Waals surface area contributed by atoms with Crippen LogP contribution in [0.25, 0.3) is 0 Å². The van der Waals surface area contributed by atoms with E-state index in [1.807, 2.05) is 18.5 Å². The molecule has 5 nitrogen and oxygen atoms in total. The quantitative estimate of drug-likeness (QED) is 0.798. The van der Waals surface area contributed by atoms with E-state index < -0.39 is 0 Å². The third-order valence-electron chi connectivity index (χ3n) is 2.47. The first-order valence-electron chi connectivity index (χ1n) is 5.11. The molecular weight excluding hydrogens is 192 g/mol. The zero-order valence-electron chi connectivity index (χ0n) is 8.23. The minimum atomic E-state index is 0.512. The van der Waals surface area contributed by atoms with E-state index in [2.05, 4.69) is 20.5 Å². The van der Waals surface area contributed by atoms with E-state index >= 15 is 0 Å². The van der Waals surface area contributed by atoms with E-state index in [0.29, 0.717) is 18.5 Å². The Balaban J connectivity index is 1.61. The Hall–Kier alpha value is -1.78. The summed E-state index contributed by atoms with van der Waals surface area (Å²) in [6.07, 6.45) is 6.19. The first kappa shape index (κ1) is 8.52. The molecule has 1 fully saturated rings. The molecule has 1 saturated carbocycles. The summed E-state index contributed by atoms with van der Waals surface area (Å²) >= 11 is 0. The van der Waals surface area contributed by atoms with Gasteiger partial charge >= 0.3 is 6.01 Å². The lowest BCUT2D eigenvalue weighted by Gasteiger charge is -1.96. The average molecular weight is 204 g/mol. The van der Waals surface area contributed by atoms with Crippen molar-refractivity contribution >= 4 is 6.01 Å². The minimum absolute atomic E-state index is 0.512. The van der Waals surface area contributed by atoms with E-state index in [0.717, 1.165) is 5.89 Å². The Labute approximate surface area is 86.9 Å². The summed E-state index contributed by atoms with van der Waals surface area (Å²) in [5.74, 6) is 1.28. The summed E-state index contributed by atoms with van der Waals surface area (Å²) in [6, 6.07) is 2.52. The van der Waals surface area contributed by atoms with Gasteiger partial charge < -0.3 is 14.7 Å². The van der Waals surface area contributed by atoms with Gasteiger partial charge in [-0.3, -0.25) is 0 Å². The Bertz CT molecular complexity index is 430. The fourth-order valence-electron chi connectivity index (χ4n) is 1.45. The molecule has 3 rings (SSSR count). The van der Waals surface area contributed by atoms with Crippen molar-refractivity contribution in [3.8, 4) is 0 Å². The Morgan fingerprint density at radius 1 is 1.47 bits per heavy atom. The van der Waals surface area contributed by atoms with Crippen molar-refractivity contribution in [1.82, 2.24) is 15.2 Å². The lowest BCUT2D eigenvalue weighted by atomic mass is 10.3. The monoisotopic (exact) mass is 204 g/mol. The summed E-state index contributed by atoms with van der Waals surface area (Å²) < 4.78 is 5.46. The Morgan fingerprint density at radius 2 is 2.40 bits per heavy atom. The first-order valence-corrected chi connectivity index (χ1v) is 5.11. The fraction of sp³-hybridized carbons (Fsp3) is 0.400. The largest absolute Gasteiger partial charge is 0.408 e. The highest BCUT2D eigenvalue weighted by Gasteiger charge is 2.29. The molecule has 2 aromatic rings. The third-order valence-corrected chi connectivity index (χ3v) is 2.47. The molecule has 0 amide bonds. The summed E-state index contributed by atoms with van der Waals surface area (Å²) in [4.78, 5) is 2.99. The second kappa shape index (κ2) is 3.42. The van der Waals surface area contributed by atoms with Crippen LogP contribution >= 0.6 is 0 Å². The Kier molecular flexibility index (Phi) is 1.94. The molecule has 15 heavy (non-hydrogen) atoms. The SMILES string of the molecule is c1cc(CNc2nnc(C3CC3)o2)c[nH]1. The highest BCUT2D eigenvalue weighted by atomic mass is 16.4. The second-order valence-electron chi connectivity index (χ2n) is 3.79. The average Bonchev–Trinajstić information content (AvgIpc) is 2.82. The molecule has 2 heterocycles. The van der Waals surface area contributed by atoms with Gasteiger partial charge in [0.25, 0.3) is 0 Å². The van der Waals surface area contributed by atoms with E-state index in [9.17, 15) is 0 Å². The van der Waals surface area contributed by atoms with Crippen molar-refractivity contribution in [2.45, 2.75) is 25.3 Å². The lowest BCUT2D eigenvalue weighted by molar-refractivity contribution is 0.507. The molecule has 0 saturated heterocycles. The number of aromatic amines is 1. The molecule has 0 spiro atoms. The number of hydrogen-bond acceptors (Lipinski definition) is 4. The topological polar surface area (TPSA) is 66.7 Å². The van der Waals surface area contributed by atoms with Crippen LogP contribution in [0.15, 0.2) is 22.9 Å². The predicted octanol–water partition coefficient (Wildman–Crippen LogP) is 1.89. The number of nitrogens with one attached hydrogen (secondary N) is 2. The van der Waals surface area contributed by atoms with Crippen LogP contribution in [0.4, 0.5) is 6.01 Å². The second-order valence-corrected chi connectivity index (χ2v) is 3.79. The van der Waals surface area contributed by atoms with Gasteiger partial charge in [-0.15, -0.1) is 5.10 Å². The van der Waals surface area contributed by atoms with Crippen LogP contribution in [-0.4, -0.2) is 15.2 Å². The van der Waals surface area contributed by atoms with Gasteiger partial charge in [0.2, 0.25) is 5.89 Å². The maximum atomic E-state index is 5.46. The van der Waals surface area contributed by atoms with Crippen molar-refractivity contribution in [2.75, 3.05) is 5.32 Å². The number of H-pyrrole nitrogens is 1. The number of rotatable bonds is 4. The van der Waals surface area contributed by atoms with E-state index in [1.54, 1.807) is 0 Å². The normalized spacial score (nSPS) is 15.5. The molecule has 0 aromatic carbocycles. The third kappa shape index (κ3) is 1.86.